The Morgan fingerprint density at radius 3 is 2.50 bits per heavy atom. The maximum absolute atomic E-state index is 9.19. The first kappa shape index (κ1) is 8.67. The molecule has 4 heteroatoms. The number of nitrogens with two attached hydrogens (primary N) is 2. The Morgan fingerprint density at radius 2 is 1.92 bits per heavy atom. The third-order valence-electron chi connectivity index (χ3n) is 1.73. The summed E-state index contributed by atoms with van der Waals surface area (Å²) >= 11 is 0. The molecule has 1 aromatic rings. The van der Waals surface area contributed by atoms with Gasteiger partial charge in [0.05, 0.1) is 5.69 Å². The van der Waals surface area contributed by atoms with Crippen LogP contribution in [0.1, 0.15) is 5.56 Å². The summed E-state index contributed by atoms with van der Waals surface area (Å²) in [7, 11) is 0. The fraction of sp³-hybridized carbons (Fsp3) is 0.250. The van der Waals surface area contributed by atoms with E-state index in [-0.39, 0.29) is 18.0 Å². The lowest BCUT2D eigenvalue weighted by atomic mass is 10.1. The molecule has 1 rings (SSSR count). The van der Waals surface area contributed by atoms with Crippen LogP contribution in [0.25, 0.3) is 0 Å². The van der Waals surface area contributed by atoms with Crippen LogP contribution in [0.3, 0.4) is 0 Å². The molecule has 0 saturated carbocycles. The van der Waals surface area contributed by atoms with E-state index in [1.807, 2.05) is 0 Å². The van der Waals surface area contributed by atoms with E-state index in [1.165, 1.54) is 6.07 Å². The Balaban J connectivity index is 3.14. The summed E-state index contributed by atoms with van der Waals surface area (Å²) in [6, 6.07) is 3.00. The standard InChI is InChI=1S/C8H12N2O2/c9-6-1-2-7(12)8(10)5(6)3-4-11/h1-2,11-12H,3-4,9-10H2. The van der Waals surface area contributed by atoms with E-state index in [9.17, 15) is 5.11 Å². The van der Waals surface area contributed by atoms with Crippen molar-refractivity contribution in [3.63, 3.8) is 0 Å². The highest BCUT2D eigenvalue weighted by atomic mass is 16.3. The highest BCUT2D eigenvalue weighted by Crippen LogP contribution is 2.28. The summed E-state index contributed by atoms with van der Waals surface area (Å²) in [6.07, 6.45) is 0.367. The third kappa shape index (κ3) is 1.43. The molecule has 0 amide bonds. The van der Waals surface area contributed by atoms with Crippen molar-refractivity contribution in [3.05, 3.63) is 17.7 Å². The third-order valence-corrected chi connectivity index (χ3v) is 1.73. The van der Waals surface area contributed by atoms with Crippen molar-refractivity contribution in [2.24, 2.45) is 0 Å². The van der Waals surface area contributed by atoms with Crippen LogP contribution in [0.15, 0.2) is 12.1 Å². The van der Waals surface area contributed by atoms with Gasteiger partial charge in [-0.05, 0) is 18.6 Å². The number of rotatable bonds is 2. The molecule has 6 N–H and O–H groups in total. The van der Waals surface area contributed by atoms with Gasteiger partial charge in [0.1, 0.15) is 5.75 Å². The molecule has 0 aliphatic rings. The fourth-order valence-corrected chi connectivity index (χ4v) is 1.06. The van der Waals surface area contributed by atoms with E-state index in [0.717, 1.165) is 0 Å². The number of anilines is 2. The van der Waals surface area contributed by atoms with Gasteiger partial charge in [-0.3, -0.25) is 0 Å². The Bertz CT molecular complexity index is 287. The maximum atomic E-state index is 9.19. The quantitative estimate of drug-likeness (QED) is 0.286. The first-order chi connectivity index (χ1) is 5.66. The highest BCUT2D eigenvalue weighted by molar-refractivity contribution is 5.67. The number of nitrogen functional groups attached to an aromatic ring is 2. The van der Waals surface area contributed by atoms with Crippen LogP contribution in [-0.2, 0) is 6.42 Å². The molecule has 66 valence electrons. The Kier molecular flexibility index (Phi) is 2.40. The molecule has 0 fully saturated rings. The van der Waals surface area contributed by atoms with Crippen LogP contribution in [0.4, 0.5) is 11.4 Å². The van der Waals surface area contributed by atoms with E-state index >= 15 is 0 Å². The van der Waals surface area contributed by atoms with Crippen LogP contribution >= 0.6 is 0 Å². The molecule has 4 nitrogen and oxygen atoms in total. The van der Waals surface area contributed by atoms with Gasteiger partial charge in [0.2, 0.25) is 0 Å². The highest BCUT2D eigenvalue weighted by Gasteiger charge is 2.06. The number of hydrogen-bond donors (Lipinski definition) is 4. The van der Waals surface area contributed by atoms with Crippen molar-refractivity contribution in [2.45, 2.75) is 6.42 Å². The zero-order valence-electron chi connectivity index (χ0n) is 6.62. The number of benzene rings is 1. The molecular weight excluding hydrogens is 156 g/mol. The van der Waals surface area contributed by atoms with E-state index in [4.69, 9.17) is 16.6 Å². The molecule has 0 atom stereocenters. The van der Waals surface area contributed by atoms with E-state index in [1.54, 1.807) is 6.07 Å². The lowest BCUT2D eigenvalue weighted by molar-refractivity contribution is 0.300. The SMILES string of the molecule is Nc1ccc(O)c(N)c1CCO. The predicted octanol–water partition coefficient (Wildman–Crippen LogP) is 0.0914. The van der Waals surface area contributed by atoms with E-state index < -0.39 is 0 Å². The van der Waals surface area contributed by atoms with Gasteiger partial charge in [0.25, 0.3) is 0 Å². The smallest absolute Gasteiger partial charge is 0.138 e. The first-order valence-corrected chi connectivity index (χ1v) is 3.63. The molecule has 0 aliphatic carbocycles. The topological polar surface area (TPSA) is 92.5 Å². The largest absolute Gasteiger partial charge is 0.506 e. The summed E-state index contributed by atoms with van der Waals surface area (Å²) in [5.41, 5.74) is 12.5. The first-order valence-electron chi connectivity index (χ1n) is 3.63. The van der Waals surface area contributed by atoms with E-state index in [0.29, 0.717) is 17.7 Å². The molecule has 0 unspecified atom stereocenters. The number of aromatic hydroxyl groups is 1. The second-order valence-electron chi connectivity index (χ2n) is 2.54. The second kappa shape index (κ2) is 3.32. The Labute approximate surface area is 70.4 Å². The van der Waals surface area contributed by atoms with Gasteiger partial charge in [-0.25, -0.2) is 0 Å². The molecule has 0 spiro atoms. The molecule has 1 aromatic carbocycles. The monoisotopic (exact) mass is 168 g/mol. The average molecular weight is 168 g/mol. The van der Waals surface area contributed by atoms with Gasteiger partial charge >= 0.3 is 0 Å². The summed E-state index contributed by atoms with van der Waals surface area (Å²) in [5, 5.41) is 17.9. The minimum Gasteiger partial charge on any atom is -0.506 e. The lowest BCUT2D eigenvalue weighted by Crippen LogP contribution is -2.02. The van der Waals surface area contributed by atoms with Crippen LogP contribution < -0.4 is 11.5 Å². The normalized spacial score (nSPS) is 10.1. The van der Waals surface area contributed by atoms with Crippen molar-refractivity contribution in [1.82, 2.24) is 0 Å². The number of aliphatic hydroxyl groups excluding tert-OH is 1. The molecular formula is C8H12N2O2. The van der Waals surface area contributed by atoms with Crippen LogP contribution in [0.2, 0.25) is 0 Å². The zero-order chi connectivity index (χ0) is 9.14. The van der Waals surface area contributed by atoms with Gasteiger partial charge in [0.15, 0.2) is 0 Å². The molecule has 0 aromatic heterocycles. The van der Waals surface area contributed by atoms with E-state index in [2.05, 4.69) is 0 Å². The fourth-order valence-electron chi connectivity index (χ4n) is 1.06. The van der Waals surface area contributed by atoms with Crippen LogP contribution in [0.5, 0.6) is 5.75 Å². The molecule has 0 heterocycles. The van der Waals surface area contributed by atoms with Crippen molar-refractivity contribution in [3.8, 4) is 5.75 Å². The van der Waals surface area contributed by atoms with Gasteiger partial charge in [0, 0.05) is 17.9 Å². The van der Waals surface area contributed by atoms with Crippen molar-refractivity contribution in [2.75, 3.05) is 18.1 Å². The zero-order valence-corrected chi connectivity index (χ0v) is 6.62. The average Bonchev–Trinajstić information content (AvgIpc) is 2.06. The number of hydrogen-bond acceptors (Lipinski definition) is 4. The Morgan fingerprint density at radius 1 is 1.25 bits per heavy atom. The van der Waals surface area contributed by atoms with Gasteiger partial charge in [-0.1, -0.05) is 0 Å². The molecule has 0 saturated heterocycles. The number of phenolic OH excluding ortho intramolecular Hbond substituents is 1. The van der Waals surface area contributed by atoms with Crippen molar-refractivity contribution in [1.29, 1.82) is 0 Å². The second-order valence-corrected chi connectivity index (χ2v) is 2.54. The molecule has 12 heavy (non-hydrogen) atoms. The summed E-state index contributed by atoms with van der Waals surface area (Å²) in [4.78, 5) is 0. The summed E-state index contributed by atoms with van der Waals surface area (Å²) in [6.45, 7) is -0.0299. The maximum Gasteiger partial charge on any atom is 0.138 e. The Hall–Kier alpha value is -1.42. The number of phenols is 1. The minimum atomic E-state index is -0.0299. The van der Waals surface area contributed by atoms with Crippen molar-refractivity contribution >= 4 is 11.4 Å². The van der Waals surface area contributed by atoms with Gasteiger partial charge in [-0.2, -0.15) is 0 Å². The van der Waals surface area contributed by atoms with Gasteiger partial charge < -0.3 is 21.7 Å². The number of aliphatic hydroxyl groups is 1. The summed E-state index contributed by atoms with van der Waals surface area (Å²) in [5.74, 6) is 0.00708. The van der Waals surface area contributed by atoms with Crippen molar-refractivity contribution < 1.29 is 10.2 Å². The lowest BCUT2D eigenvalue weighted by Gasteiger charge is -2.08. The minimum absolute atomic E-state index is 0.00708. The van der Waals surface area contributed by atoms with Gasteiger partial charge in [-0.15, -0.1) is 0 Å². The van der Waals surface area contributed by atoms with Crippen LogP contribution in [-0.4, -0.2) is 16.8 Å². The summed E-state index contributed by atoms with van der Waals surface area (Å²) < 4.78 is 0. The molecule has 0 aliphatic heterocycles. The van der Waals surface area contributed by atoms with Crippen LogP contribution in [0, 0.1) is 0 Å². The molecule has 0 bridgehead atoms. The predicted molar refractivity (Wildman–Crippen MR) is 47.7 cm³/mol. The molecule has 0 radical (unpaired) electrons.